The Morgan fingerprint density at radius 3 is 2.68 bits per heavy atom. The van der Waals surface area contributed by atoms with Gasteiger partial charge in [-0.3, -0.25) is 4.79 Å². The van der Waals surface area contributed by atoms with Crippen LogP contribution in [0, 0.1) is 0 Å². The Kier molecular flexibility index (Phi) is 5.48. The minimum atomic E-state index is -0.898. The Morgan fingerprint density at radius 1 is 1.07 bits per heavy atom. The topological polar surface area (TPSA) is 58.6 Å². The quantitative estimate of drug-likeness (QED) is 0.651. The highest BCUT2D eigenvalue weighted by Gasteiger charge is 2.29. The summed E-state index contributed by atoms with van der Waals surface area (Å²) in [6.45, 7) is 0.411. The van der Waals surface area contributed by atoms with Gasteiger partial charge in [-0.15, -0.1) is 0 Å². The van der Waals surface area contributed by atoms with E-state index in [1.54, 1.807) is 0 Å². The van der Waals surface area contributed by atoms with Crippen molar-refractivity contribution in [2.24, 2.45) is 0 Å². The van der Waals surface area contributed by atoms with Gasteiger partial charge in [0, 0.05) is 17.1 Å². The zero-order chi connectivity index (χ0) is 19.5. The molecule has 1 heterocycles. The predicted octanol–water partition coefficient (Wildman–Crippen LogP) is 3.80. The monoisotopic (exact) mass is 391 g/mol. The summed E-state index contributed by atoms with van der Waals surface area (Å²) in [6, 6.07) is 21.1. The van der Waals surface area contributed by atoms with Crippen LogP contribution in [-0.4, -0.2) is 18.0 Å². The van der Waals surface area contributed by atoms with Gasteiger partial charge in [-0.1, -0.05) is 54.1 Å². The van der Waals surface area contributed by atoms with Crippen LogP contribution in [0.5, 0.6) is 0 Å². The largest absolute Gasteiger partial charge is 0.492 e. The highest BCUT2D eigenvalue weighted by molar-refractivity contribution is 6.62. The molecule has 0 atom stereocenters. The highest BCUT2D eigenvalue weighted by atomic mass is 35.5. The molecule has 3 aromatic rings. The van der Waals surface area contributed by atoms with Gasteiger partial charge in [0.25, 0.3) is 0 Å². The zero-order valence-corrected chi connectivity index (χ0v) is 15.9. The van der Waals surface area contributed by atoms with Crippen LogP contribution in [0.3, 0.4) is 0 Å². The van der Waals surface area contributed by atoms with Crippen molar-refractivity contribution in [1.82, 2.24) is 0 Å². The Labute approximate surface area is 169 Å². The molecule has 6 heteroatoms. The van der Waals surface area contributed by atoms with Gasteiger partial charge in [0.15, 0.2) is 0 Å². The summed E-state index contributed by atoms with van der Waals surface area (Å²) in [5.41, 5.74) is 5.54. The standard InChI is InChI=1S/C22H19BClNO3/c24-19-10-7-15(8-11-19)17-4-2-6-20(13-17)25-21(26)12-9-16-3-1-5-18-14-28-23(27)22(16)18/h1-8,10-11,13,27H,9,12,14H2,(H,25,26). The first kappa shape index (κ1) is 18.8. The van der Waals surface area contributed by atoms with Crippen LogP contribution < -0.4 is 10.8 Å². The minimum absolute atomic E-state index is 0.0701. The molecule has 28 heavy (non-hydrogen) atoms. The number of benzene rings is 3. The van der Waals surface area contributed by atoms with Gasteiger partial charge < -0.3 is 15.0 Å². The van der Waals surface area contributed by atoms with Crippen LogP contribution in [0.25, 0.3) is 11.1 Å². The molecular weight excluding hydrogens is 373 g/mol. The van der Waals surface area contributed by atoms with Crippen LogP contribution in [-0.2, 0) is 22.5 Å². The zero-order valence-electron chi connectivity index (χ0n) is 15.2. The second-order valence-corrected chi connectivity index (χ2v) is 7.23. The molecule has 1 aliphatic rings. The summed E-state index contributed by atoms with van der Waals surface area (Å²) in [7, 11) is -0.898. The smallest absolute Gasteiger partial charge is 0.423 e. The molecule has 0 radical (unpaired) electrons. The number of fused-ring (bicyclic) bond motifs is 1. The van der Waals surface area contributed by atoms with Gasteiger partial charge in [-0.25, -0.2) is 0 Å². The molecule has 0 unspecified atom stereocenters. The summed E-state index contributed by atoms with van der Waals surface area (Å²) in [5.74, 6) is -0.0701. The van der Waals surface area contributed by atoms with Crippen molar-refractivity contribution in [3.63, 3.8) is 0 Å². The number of anilines is 1. The lowest BCUT2D eigenvalue weighted by Crippen LogP contribution is -2.31. The third-order valence-electron chi connectivity index (χ3n) is 4.88. The molecule has 0 bridgehead atoms. The molecule has 2 N–H and O–H groups in total. The molecule has 0 saturated heterocycles. The van der Waals surface area contributed by atoms with Crippen molar-refractivity contribution in [3.05, 3.63) is 82.9 Å². The first-order valence-corrected chi connectivity index (χ1v) is 9.54. The summed E-state index contributed by atoms with van der Waals surface area (Å²) < 4.78 is 5.28. The summed E-state index contributed by atoms with van der Waals surface area (Å²) in [4.78, 5) is 12.4. The van der Waals surface area contributed by atoms with E-state index in [4.69, 9.17) is 16.3 Å². The average molecular weight is 392 g/mol. The van der Waals surface area contributed by atoms with E-state index in [2.05, 4.69) is 5.32 Å². The Balaban J connectivity index is 1.42. The molecule has 0 fully saturated rings. The molecule has 0 aromatic heterocycles. The van der Waals surface area contributed by atoms with Crippen LogP contribution >= 0.6 is 11.6 Å². The third kappa shape index (κ3) is 4.12. The first-order valence-electron chi connectivity index (χ1n) is 9.16. The molecule has 0 aliphatic carbocycles. The number of amides is 1. The van der Waals surface area contributed by atoms with Crippen molar-refractivity contribution in [3.8, 4) is 11.1 Å². The van der Waals surface area contributed by atoms with E-state index < -0.39 is 7.12 Å². The SMILES string of the molecule is O=C(CCc1cccc2c1B(O)OC2)Nc1cccc(-c2ccc(Cl)cc2)c1. The Hall–Kier alpha value is -2.60. The lowest BCUT2D eigenvalue weighted by Gasteiger charge is -2.10. The predicted molar refractivity (Wildman–Crippen MR) is 113 cm³/mol. The maximum atomic E-state index is 12.4. The van der Waals surface area contributed by atoms with Gasteiger partial charge in [-0.05, 0) is 58.4 Å². The molecule has 0 saturated carbocycles. The lowest BCUT2D eigenvalue weighted by atomic mass is 9.75. The summed E-state index contributed by atoms with van der Waals surface area (Å²) >= 11 is 5.95. The number of carbonyl (C=O) groups excluding carboxylic acids is 1. The number of carbonyl (C=O) groups is 1. The van der Waals surface area contributed by atoms with Crippen molar-refractivity contribution in [2.75, 3.05) is 5.32 Å². The summed E-state index contributed by atoms with van der Waals surface area (Å²) in [5, 5.41) is 13.6. The minimum Gasteiger partial charge on any atom is -0.423 e. The molecule has 140 valence electrons. The van der Waals surface area contributed by atoms with Gasteiger partial charge >= 0.3 is 7.12 Å². The number of hydrogen-bond donors (Lipinski definition) is 2. The summed E-state index contributed by atoms with van der Waals surface area (Å²) in [6.07, 6.45) is 0.876. The highest BCUT2D eigenvalue weighted by Crippen LogP contribution is 2.24. The van der Waals surface area contributed by atoms with E-state index >= 15 is 0 Å². The number of nitrogens with one attached hydrogen (secondary N) is 1. The van der Waals surface area contributed by atoms with E-state index in [1.807, 2.05) is 66.7 Å². The van der Waals surface area contributed by atoms with E-state index in [-0.39, 0.29) is 5.91 Å². The molecule has 4 rings (SSSR count). The maximum absolute atomic E-state index is 12.4. The van der Waals surface area contributed by atoms with Crippen molar-refractivity contribution >= 4 is 35.8 Å². The normalized spacial score (nSPS) is 12.7. The second kappa shape index (κ2) is 8.19. The first-order chi connectivity index (χ1) is 13.6. The van der Waals surface area contributed by atoms with Crippen molar-refractivity contribution in [1.29, 1.82) is 0 Å². The molecular formula is C22H19BClNO3. The second-order valence-electron chi connectivity index (χ2n) is 6.79. The van der Waals surface area contributed by atoms with E-state index in [1.165, 1.54) is 0 Å². The third-order valence-corrected chi connectivity index (χ3v) is 5.13. The Bertz CT molecular complexity index is 1010. The molecule has 3 aromatic carbocycles. The van der Waals surface area contributed by atoms with E-state index in [9.17, 15) is 9.82 Å². The van der Waals surface area contributed by atoms with E-state index in [0.29, 0.717) is 24.5 Å². The van der Waals surface area contributed by atoms with Crippen molar-refractivity contribution < 1.29 is 14.5 Å². The molecule has 1 amide bonds. The van der Waals surface area contributed by atoms with Crippen LogP contribution in [0.2, 0.25) is 5.02 Å². The van der Waals surface area contributed by atoms with Gasteiger partial charge in [0.05, 0.1) is 6.61 Å². The fourth-order valence-electron chi connectivity index (χ4n) is 3.47. The maximum Gasteiger partial charge on any atom is 0.492 e. The Morgan fingerprint density at radius 2 is 1.86 bits per heavy atom. The lowest BCUT2D eigenvalue weighted by molar-refractivity contribution is -0.116. The van der Waals surface area contributed by atoms with Crippen LogP contribution in [0.4, 0.5) is 5.69 Å². The number of rotatable bonds is 5. The van der Waals surface area contributed by atoms with E-state index in [0.717, 1.165) is 33.4 Å². The fourth-order valence-corrected chi connectivity index (χ4v) is 3.60. The van der Waals surface area contributed by atoms with Gasteiger partial charge in [0.1, 0.15) is 0 Å². The van der Waals surface area contributed by atoms with Crippen LogP contribution in [0.15, 0.2) is 66.7 Å². The van der Waals surface area contributed by atoms with Gasteiger partial charge in [0.2, 0.25) is 5.91 Å². The number of halogens is 1. The molecule has 4 nitrogen and oxygen atoms in total. The number of aryl methyl sites for hydroxylation is 1. The number of hydrogen-bond acceptors (Lipinski definition) is 3. The molecule has 1 aliphatic heterocycles. The van der Waals surface area contributed by atoms with Gasteiger partial charge in [-0.2, -0.15) is 0 Å². The van der Waals surface area contributed by atoms with Crippen LogP contribution in [0.1, 0.15) is 17.5 Å². The van der Waals surface area contributed by atoms with Crippen molar-refractivity contribution in [2.45, 2.75) is 19.4 Å². The fraction of sp³-hybridized carbons (Fsp3) is 0.136. The average Bonchev–Trinajstić information content (AvgIpc) is 3.09. The molecule has 0 spiro atoms.